The van der Waals surface area contributed by atoms with Gasteiger partial charge in [-0.25, -0.2) is 0 Å². The van der Waals surface area contributed by atoms with Gasteiger partial charge in [-0.2, -0.15) is 0 Å². The van der Waals surface area contributed by atoms with E-state index >= 15 is 0 Å². The molecule has 0 spiro atoms. The van der Waals surface area contributed by atoms with Gasteiger partial charge in [0.05, 0.1) is 25.7 Å². The first-order valence-electron chi connectivity index (χ1n) is 4.82. The molecular formula is C9H15NO3. The number of carbonyl (C=O) groups is 1. The zero-order chi connectivity index (χ0) is 9.10. The van der Waals surface area contributed by atoms with Crippen LogP contribution in [0.2, 0.25) is 0 Å². The van der Waals surface area contributed by atoms with E-state index in [9.17, 15) is 4.79 Å². The van der Waals surface area contributed by atoms with Crippen molar-refractivity contribution in [3.05, 3.63) is 0 Å². The molecule has 0 aromatic carbocycles. The van der Waals surface area contributed by atoms with Crippen molar-refractivity contribution in [3.8, 4) is 0 Å². The number of hydrogen-bond acceptors (Lipinski definition) is 3. The van der Waals surface area contributed by atoms with Gasteiger partial charge in [0.15, 0.2) is 0 Å². The highest BCUT2D eigenvalue weighted by Crippen LogP contribution is 2.16. The maximum absolute atomic E-state index is 11.8. The van der Waals surface area contributed by atoms with Gasteiger partial charge in [-0.15, -0.1) is 0 Å². The lowest BCUT2D eigenvalue weighted by Crippen LogP contribution is -2.43. The van der Waals surface area contributed by atoms with Crippen LogP contribution in [0.5, 0.6) is 0 Å². The van der Waals surface area contributed by atoms with E-state index in [1.165, 1.54) is 0 Å². The normalized spacial score (nSPS) is 29.2. The van der Waals surface area contributed by atoms with Gasteiger partial charge in [-0.05, 0) is 6.42 Å². The fraction of sp³-hybridized carbons (Fsp3) is 0.889. The largest absolute Gasteiger partial charge is 0.381 e. The third-order valence-corrected chi connectivity index (χ3v) is 2.60. The van der Waals surface area contributed by atoms with Crippen LogP contribution in [-0.2, 0) is 14.3 Å². The van der Waals surface area contributed by atoms with Crippen LogP contribution in [0.4, 0.5) is 0 Å². The molecule has 2 rings (SSSR count). The molecule has 0 N–H and O–H groups in total. The number of rotatable bonds is 1. The molecule has 0 unspecified atom stereocenters. The lowest BCUT2D eigenvalue weighted by atomic mass is 10.1. The Morgan fingerprint density at radius 3 is 2.54 bits per heavy atom. The predicted octanol–water partition coefficient (Wildman–Crippen LogP) is -0.118. The van der Waals surface area contributed by atoms with E-state index in [2.05, 4.69) is 0 Å². The number of carbonyl (C=O) groups excluding carboxylic acids is 1. The highest BCUT2D eigenvalue weighted by molar-refractivity contribution is 5.79. The lowest BCUT2D eigenvalue weighted by Gasteiger charge is -2.28. The minimum atomic E-state index is 0.109. The monoisotopic (exact) mass is 185 g/mol. The molecule has 0 aromatic heterocycles. The SMILES string of the molecule is O=C([C@@H]1CCOC1)N1CCOCC1. The van der Waals surface area contributed by atoms with E-state index in [-0.39, 0.29) is 11.8 Å². The van der Waals surface area contributed by atoms with Crippen molar-refractivity contribution in [2.45, 2.75) is 6.42 Å². The van der Waals surface area contributed by atoms with Crippen molar-refractivity contribution in [2.75, 3.05) is 39.5 Å². The highest BCUT2D eigenvalue weighted by Gasteiger charge is 2.28. The van der Waals surface area contributed by atoms with Gasteiger partial charge in [0, 0.05) is 19.7 Å². The summed E-state index contributed by atoms with van der Waals surface area (Å²) in [4.78, 5) is 13.7. The van der Waals surface area contributed by atoms with Crippen molar-refractivity contribution < 1.29 is 14.3 Å². The summed E-state index contributed by atoms with van der Waals surface area (Å²) >= 11 is 0. The molecule has 0 saturated carbocycles. The Morgan fingerprint density at radius 1 is 1.15 bits per heavy atom. The fourth-order valence-corrected chi connectivity index (χ4v) is 1.77. The van der Waals surface area contributed by atoms with Gasteiger partial charge >= 0.3 is 0 Å². The molecule has 0 radical (unpaired) electrons. The van der Waals surface area contributed by atoms with E-state index < -0.39 is 0 Å². The van der Waals surface area contributed by atoms with Gasteiger partial charge in [-0.3, -0.25) is 4.79 Å². The molecule has 1 amide bonds. The average Bonchev–Trinajstić information content (AvgIpc) is 2.71. The molecule has 74 valence electrons. The summed E-state index contributed by atoms with van der Waals surface area (Å²) in [6.45, 7) is 4.19. The molecule has 2 fully saturated rings. The number of amides is 1. The van der Waals surface area contributed by atoms with Crippen LogP contribution in [-0.4, -0.2) is 50.3 Å². The summed E-state index contributed by atoms with van der Waals surface area (Å²) in [5.74, 6) is 0.360. The van der Waals surface area contributed by atoms with Crippen LogP contribution in [0.3, 0.4) is 0 Å². The Hall–Kier alpha value is -0.610. The third-order valence-electron chi connectivity index (χ3n) is 2.60. The molecule has 1 atom stereocenters. The van der Waals surface area contributed by atoms with Gasteiger partial charge in [-0.1, -0.05) is 0 Å². The maximum atomic E-state index is 11.8. The lowest BCUT2D eigenvalue weighted by molar-refractivity contribution is -0.139. The van der Waals surface area contributed by atoms with Gasteiger partial charge < -0.3 is 14.4 Å². The number of morpholine rings is 1. The van der Waals surface area contributed by atoms with Crippen molar-refractivity contribution >= 4 is 5.91 Å². The van der Waals surface area contributed by atoms with Crippen LogP contribution < -0.4 is 0 Å². The van der Waals surface area contributed by atoms with Crippen LogP contribution in [0.25, 0.3) is 0 Å². The summed E-state index contributed by atoms with van der Waals surface area (Å²) in [6, 6.07) is 0. The van der Waals surface area contributed by atoms with Crippen molar-refractivity contribution in [1.82, 2.24) is 4.90 Å². The van der Waals surface area contributed by atoms with Crippen molar-refractivity contribution in [3.63, 3.8) is 0 Å². The van der Waals surface area contributed by atoms with E-state index in [1.807, 2.05) is 4.90 Å². The fourth-order valence-electron chi connectivity index (χ4n) is 1.77. The Kier molecular flexibility index (Phi) is 2.80. The second-order valence-corrected chi connectivity index (χ2v) is 3.50. The first-order chi connectivity index (χ1) is 6.38. The second-order valence-electron chi connectivity index (χ2n) is 3.50. The molecule has 0 aliphatic carbocycles. The molecule has 13 heavy (non-hydrogen) atoms. The van der Waals surface area contributed by atoms with Crippen LogP contribution in [0.15, 0.2) is 0 Å². The standard InChI is InChI=1S/C9H15NO3/c11-9(8-1-4-13-7-8)10-2-5-12-6-3-10/h8H,1-7H2/t8-/m1/s1. The molecule has 2 aliphatic rings. The second kappa shape index (κ2) is 4.07. The minimum Gasteiger partial charge on any atom is -0.381 e. The Labute approximate surface area is 77.8 Å². The molecule has 4 nitrogen and oxygen atoms in total. The van der Waals surface area contributed by atoms with E-state index in [4.69, 9.17) is 9.47 Å². The molecule has 0 bridgehead atoms. The minimum absolute atomic E-state index is 0.109. The summed E-state index contributed by atoms with van der Waals surface area (Å²) in [5.41, 5.74) is 0. The van der Waals surface area contributed by atoms with Crippen molar-refractivity contribution in [1.29, 1.82) is 0 Å². The third kappa shape index (κ3) is 2.00. The summed E-state index contributed by atoms with van der Waals surface area (Å²) < 4.78 is 10.4. The molecular weight excluding hydrogens is 170 g/mol. The Morgan fingerprint density at radius 2 is 1.92 bits per heavy atom. The first-order valence-corrected chi connectivity index (χ1v) is 4.82. The zero-order valence-electron chi connectivity index (χ0n) is 7.70. The maximum Gasteiger partial charge on any atom is 0.228 e. The first kappa shape index (κ1) is 8.97. The number of nitrogens with zero attached hydrogens (tertiary/aromatic N) is 1. The van der Waals surface area contributed by atoms with Gasteiger partial charge in [0.2, 0.25) is 5.91 Å². The topological polar surface area (TPSA) is 38.8 Å². The van der Waals surface area contributed by atoms with Crippen LogP contribution in [0.1, 0.15) is 6.42 Å². The quantitative estimate of drug-likeness (QED) is 0.571. The Balaban J connectivity index is 1.87. The molecule has 2 saturated heterocycles. The summed E-state index contributed by atoms with van der Waals surface area (Å²) in [5, 5.41) is 0. The molecule has 2 aliphatic heterocycles. The number of ether oxygens (including phenoxy) is 2. The predicted molar refractivity (Wildman–Crippen MR) is 46.3 cm³/mol. The molecule has 4 heteroatoms. The summed E-state index contributed by atoms with van der Waals surface area (Å²) in [6.07, 6.45) is 0.885. The van der Waals surface area contributed by atoms with Crippen molar-refractivity contribution in [2.24, 2.45) is 5.92 Å². The van der Waals surface area contributed by atoms with Gasteiger partial charge in [0.1, 0.15) is 0 Å². The van der Waals surface area contributed by atoms with Crippen LogP contribution in [0, 0.1) is 5.92 Å². The smallest absolute Gasteiger partial charge is 0.228 e. The zero-order valence-corrected chi connectivity index (χ0v) is 7.70. The Bertz CT molecular complexity index is 183. The molecule has 0 aromatic rings. The summed E-state index contributed by atoms with van der Waals surface area (Å²) in [7, 11) is 0. The highest BCUT2D eigenvalue weighted by atomic mass is 16.5. The van der Waals surface area contributed by atoms with E-state index in [0.29, 0.717) is 19.8 Å². The average molecular weight is 185 g/mol. The number of hydrogen-bond donors (Lipinski definition) is 0. The van der Waals surface area contributed by atoms with E-state index in [1.54, 1.807) is 0 Å². The van der Waals surface area contributed by atoms with Crippen LogP contribution >= 0.6 is 0 Å². The van der Waals surface area contributed by atoms with E-state index in [0.717, 1.165) is 26.1 Å². The molecule has 2 heterocycles. The van der Waals surface area contributed by atoms with Gasteiger partial charge in [0.25, 0.3) is 0 Å².